The number of aromatic nitrogens is 2. The molecule has 4 rings (SSSR count). The van der Waals surface area contributed by atoms with Crippen LogP contribution in [0.1, 0.15) is 36.0 Å². The van der Waals surface area contributed by atoms with E-state index in [1.54, 1.807) is 6.33 Å². The second-order valence-electron chi connectivity index (χ2n) is 6.40. The molecule has 1 aliphatic carbocycles. The summed E-state index contributed by atoms with van der Waals surface area (Å²) in [5.74, 6) is 0.135. The zero-order valence-corrected chi connectivity index (χ0v) is 12.8. The van der Waals surface area contributed by atoms with E-state index in [0.29, 0.717) is 0 Å². The van der Waals surface area contributed by atoms with Gasteiger partial charge in [0.05, 0.1) is 17.4 Å². The Bertz CT molecular complexity index is 666. The number of hydrogen-bond donors (Lipinski definition) is 1. The van der Waals surface area contributed by atoms with E-state index in [4.69, 9.17) is 0 Å². The Kier molecular flexibility index (Phi) is 3.58. The molecule has 1 aromatic heterocycles. The van der Waals surface area contributed by atoms with Crippen LogP contribution in [0.15, 0.2) is 24.5 Å². The van der Waals surface area contributed by atoms with Crippen molar-refractivity contribution in [3.63, 3.8) is 0 Å². The third kappa shape index (κ3) is 2.50. The zero-order chi connectivity index (χ0) is 14.9. The Morgan fingerprint density at radius 3 is 2.68 bits per heavy atom. The Morgan fingerprint density at radius 1 is 1.14 bits per heavy atom. The van der Waals surface area contributed by atoms with Gasteiger partial charge in [-0.25, -0.2) is 4.98 Å². The van der Waals surface area contributed by atoms with Gasteiger partial charge in [-0.05, 0) is 31.0 Å². The van der Waals surface area contributed by atoms with E-state index >= 15 is 0 Å². The largest absolute Gasteiger partial charge is 0.345 e. The standard InChI is InChI=1S/C17H22N4O/c22-17(13-5-6-15-16(11-13)19-12-18-15)21-9-7-20(8-10-21)14-3-1-2-4-14/h5-6,11-12,14H,1-4,7-10H2,(H,18,19). The fourth-order valence-corrected chi connectivity index (χ4v) is 3.81. The van der Waals surface area contributed by atoms with Crippen LogP contribution in [0.2, 0.25) is 0 Å². The average molecular weight is 298 g/mol. The van der Waals surface area contributed by atoms with Crippen LogP contribution in [0.3, 0.4) is 0 Å². The fraction of sp³-hybridized carbons (Fsp3) is 0.529. The first-order chi connectivity index (χ1) is 10.8. The van der Waals surface area contributed by atoms with Gasteiger partial charge >= 0.3 is 0 Å². The molecule has 1 saturated carbocycles. The molecule has 1 aliphatic heterocycles. The summed E-state index contributed by atoms with van der Waals surface area (Å²) in [5.41, 5.74) is 2.58. The van der Waals surface area contributed by atoms with E-state index in [9.17, 15) is 4.79 Å². The summed E-state index contributed by atoms with van der Waals surface area (Å²) in [6, 6.07) is 6.48. The number of nitrogens with zero attached hydrogens (tertiary/aromatic N) is 3. The van der Waals surface area contributed by atoms with E-state index in [1.807, 2.05) is 23.1 Å². The highest BCUT2D eigenvalue weighted by Crippen LogP contribution is 2.24. The summed E-state index contributed by atoms with van der Waals surface area (Å²) >= 11 is 0. The third-order valence-electron chi connectivity index (χ3n) is 5.11. The van der Waals surface area contributed by atoms with Crippen molar-refractivity contribution >= 4 is 16.9 Å². The maximum atomic E-state index is 12.7. The van der Waals surface area contributed by atoms with Gasteiger partial charge in [0, 0.05) is 37.8 Å². The molecule has 1 N–H and O–H groups in total. The molecule has 116 valence electrons. The van der Waals surface area contributed by atoms with Gasteiger partial charge < -0.3 is 9.88 Å². The lowest BCUT2D eigenvalue weighted by Gasteiger charge is -2.38. The minimum absolute atomic E-state index is 0.135. The maximum absolute atomic E-state index is 12.7. The van der Waals surface area contributed by atoms with Crippen molar-refractivity contribution in [2.45, 2.75) is 31.7 Å². The number of H-pyrrole nitrogens is 1. The lowest BCUT2D eigenvalue weighted by atomic mass is 10.1. The second kappa shape index (κ2) is 5.72. The number of nitrogens with one attached hydrogen (secondary N) is 1. The Hall–Kier alpha value is -1.88. The summed E-state index contributed by atoms with van der Waals surface area (Å²) in [7, 11) is 0. The smallest absolute Gasteiger partial charge is 0.254 e. The number of imidazole rings is 1. The monoisotopic (exact) mass is 298 g/mol. The van der Waals surface area contributed by atoms with Crippen LogP contribution in [-0.4, -0.2) is 57.9 Å². The Morgan fingerprint density at radius 2 is 1.91 bits per heavy atom. The minimum atomic E-state index is 0.135. The molecule has 0 atom stereocenters. The van der Waals surface area contributed by atoms with Crippen molar-refractivity contribution < 1.29 is 4.79 Å². The van der Waals surface area contributed by atoms with Crippen molar-refractivity contribution in [2.75, 3.05) is 26.2 Å². The molecular formula is C17H22N4O. The highest BCUT2D eigenvalue weighted by molar-refractivity contribution is 5.97. The van der Waals surface area contributed by atoms with Gasteiger partial charge in [0.2, 0.25) is 0 Å². The lowest BCUT2D eigenvalue weighted by Crippen LogP contribution is -2.51. The van der Waals surface area contributed by atoms with Crippen molar-refractivity contribution in [3.8, 4) is 0 Å². The Balaban J connectivity index is 1.42. The number of carbonyl (C=O) groups is 1. The predicted molar refractivity (Wildman–Crippen MR) is 85.8 cm³/mol. The van der Waals surface area contributed by atoms with E-state index in [0.717, 1.165) is 48.8 Å². The summed E-state index contributed by atoms with van der Waals surface area (Å²) in [4.78, 5) is 24.5. The first-order valence-corrected chi connectivity index (χ1v) is 8.28. The zero-order valence-electron chi connectivity index (χ0n) is 12.8. The van der Waals surface area contributed by atoms with Crippen LogP contribution < -0.4 is 0 Å². The summed E-state index contributed by atoms with van der Waals surface area (Å²) < 4.78 is 0. The lowest BCUT2D eigenvalue weighted by molar-refractivity contribution is 0.0573. The van der Waals surface area contributed by atoms with Gasteiger partial charge in [-0.1, -0.05) is 12.8 Å². The SMILES string of the molecule is O=C(c1ccc2[nH]cnc2c1)N1CCN(C2CCCC2)CC1. The van der Waals surface area contributed by atoms with Gasteiger partial charge in [0.15, 0.2) is 0 Å². The number of amides is 1. The molecule has 0 bridgehead atoms. The number of hydrogen-bond acceptors (Lipinski definition) is 3. The number of fused-ring (bicyclic) bond motifs is 1. The molecule has 5 nitrogen and oxygen atoms in total. The van der Waals surface area contributed by atoms with Crippen molar-refractivity contribution in [2.24, 2.45) is 0 Å². The molecule has 2 aromatic rings. The van der Waals surface area contributed by atoms with Crippen LogP contribution >= 0.6 is 0 Å². The van der Waals surface area contributed by atoms with E-state index in [-0.39, 0.29) is 5.91 Å². The topological polar surface area (TPSA) is 52.2 Å². The molecule has 2 fully saturated rings. The minimum Gasteiger partial charge on any atom is -0.345 e. The van der Waals surface area contributed by atoms with Gasteiger partial charge in [0.1, 0.15) is 0 Å². The van der Waals surface area contributed by atoms with Crippen LogP contribution in [0.4, 0.5) is 0 Å². The van der Waals surface area contributed by atoms with E-state index < -0.39 is 0 Å². The van der Waals surface area contributed by atoms with Gasteiger partial charge in [-0.3, -0.25) is 9.69 Å². The third-order valence-corrected chi connectivity index (χ3v) is 5.11. The molecule has 1 amide bonds. The van der Waals surface area contributed by atoms with Crippen molar-refractivity contribution in [3.05, 3.63) is 30.1 Å². The fourth-order valence-electron chi connectivity index (χ4n) is 3.81. The average Bonchev–Trinajstić information content (AvgIpc) is 3.25. The van der Waals surface area contributed by atoms with Crippen molar-refractivity contribution in [1.29, 1.82) is 0 Å². The quantitative estimate of drug-likeness (QED) is 0.925. The molecule has 0 radical (unpaired) electrons. The molecule has 1 saturated heterocycles. The molecule has 5 heteroatoms. The first-order valence-electron chi connectivity index (χ1n) is 8.28. The van der Waals surface area contributed by atoms with Crippen LogP contribution in [0.5, 0.6) is 0 Å². The normalized spacial score (nSPS) is 20.8. The second-order valence-corrected chi connectivity index (χ2v) is 6.40. The summed E-state index contributed by atoms with van der Waals surface area (Å²) in [6.07, 6.45) is 7.08. The molecule has 2 aliphatic rings. The number of piperazine rings is 1. The van der Waals surface area contributed by atoms with Gasteiger partial charge in [-0.15, -0.1) is 0 Å². The summed E-state index contributed by atoms with van der Waals surface area (Å²) in [5, 5.41) is 0. The number of aromatic amines is 1. The maximum Gasteiger partial charge on any atom is 0.254 e. The molecule has 22 heavy (non-hydrogen) atoms. The number of benzene rings is 1. The highest BCUT2D eigenvalue weighted by atomic mass is 16.2. The number of carbonyl (C=O) groups excluding carboxylic acids is 1. The van der Waals surface area contributed by atoms with Crippen LogP contribution in [0, 0.1) is 0 Å². The van der Waals surface area contributed by atoms with Crippen LogP contribution in [-0.2, 0) is 0 Å². The predicted octanol–water partition coefficient (Wildman–Crippen LogP) is 2.26. The molecular weight excluding hydrogens is 276 g/mol. The molecule has 0 spiro atoms. The van der Waals surface area contributed by atoms with Gasteiger partial charge in [0.25, 0.3) is 5.91 Å². The highest BCUT2D eigenvalue weighted by Gasteiger charge is 2.28. The van der Waals surface area contributed by atoms with E-state index in [1.165, 1.54) is 25.7 Å². The molecule has 2 heterocycles. The number of rotatable bonds is 2. The Labute approximate surface area is 130 Å². The van der Waals surface area contributed by atoms with Crippen LogP contribution in [0.25, 0.3) is 11.0 Å². The molecule has 1 aromatic carbocycles. The van der Waals surface area contributed by atoms with Crippen molar-refractivity contribution in [1.82, 2.24) is 19.8 Å². The molecule has 0 unspecified atom stereocenters. The van der Waals surface area contributed by atoms with E-state index in [2.05, 4.69) is 14.9 Å². The van der Waals surface area contributed by atoms with Gasteiger partial charge in [-0.2, -0.15) is 0 Å². The first kappa shape index (κ1) is 13.8. The summed E-state index contributed by atoms with van der Waals surface area (Å²) in [6.45, 7) is 3.71.